The summed E-state index contributed by atoms with van der Waals surface area (Å²) in [5, 5.41) is 20.5. The largest absolute Gasteiger partial charge is 0.393 e. The Hall–Kier alpha value is -1.26. The van der Waals surface area contributed by atoms with Crippen molar-refractivity contribution in [2.45, 2.75) is 150 Å². The number of hydrogen-bond donors (Lipinski definition) is 2. The second-order valence-electron chi connectivity index (χ2n) is 18.0. The van der Waals surface area contributed by atoms with Gasteiger partial charge >= 0.3 is 0 Å². The lowest BCUT2D eigenvalue weighted by Crippen LogP contribution is -2.51. The maximum Gasteiger partial charge on any atom is 0.155 e. The standard InChI is InChI=1S/C21H30O2.C19H30O2/c1-13(22)17-6-7-18-16-5-4-14-12-15(23)8-10-20(14,2)19(16)9-11-21(17,18)3;1-18-9-7-13(20)11-12(18)3-4-14-15-5-6-17(21)19(15,2)10-8-16(14)18/h12,16-19H,4-11H2,1-3H3;3,13-17,20-21H,4-11H2,1-2H3/t16-,17+,18-,19-,20-,21+;13-,14-,15-,16-,17-,18-,19-/m00/s1. The molecular formula is C40H60O4. The lowest BCUT2D eigenvalue weighted by Gasteiger charge is -2.58. The van der Waals surface area contributed by atoms with Crippen molar-refractivity contribution in [3.8, 4) is 0 Å². The molecule has 6 saturated carbocycles. The van der Waals surface area contributed by atoms with Crippen LogP contribution in [0, 0.1) is 63.1 Å². The number of hydrogen-bond acceptors (Lipinski definition) is 4. The summed E-state index contributed by atoms with van der Waals surface area (Å²) < 4.78 is 0. The lowest BCUT2D eigenvalue weighted by molar-refractivity contribution is -0.128. The molecule has 4 heteroatoms. The van der Waals surface area contributed by atoms with E-state index in [0.717, 1.165) is 81.0 Å². The van der Waals surface area contributed by atoms with Crippen molar-refractivity contribution in [1.29, 1.82) is 0 Å². The first-order chi connectivity index (χ1) is 20.8. The van der Waals surface area contributed by atoms with E-state index in [9.17, 15) is 19.8 Å². The molecule has 8 aliphatic rings. The first kappa shape index (κ1) is 31.3. The first-order valence-corrected chi connectivity index (χ1v) is 18.6. The molecule has 0 spiro atoms. The number of fused-ring (bicyclic) bond motifs is 10. The molecule has 8 aliphatic carbocycles. The maximum absolute atomic E-state index is 12.1. The van der Waals surface area contributed by atoms with Crippen LogP contribution >= 0.6 is 0 Å². The third-order valence-corrected chi connectivity index (χ3v) is 16.5. The third-order valence-electron chi connectivity index (χ3n) is 16.5. The monoisotopic (exact) mass is 604 g/mol. The summed E-state index contributed by atoms with van der Waals surface area (Å²) in [6.07, 6.45) is 22.2. The van der Waals surface area contributed by atoms with Gasteiger partial charge < -0.3 is 10.2 Å². The predicted molar refractivity (Wildman–Crippen MR) is 175 cm³/mol. The Bertz CT molecular complexity index is 1250. The number of carbonyl (C=O) groups is 2. The minimum atomic E-state index is -0.108. The first-order valence-electron chi connectivity index (χ1n) is 18.6. The fourth-order valence-corrected chi connectivity index (χ4v) is 13.8. The van der Waals surface area contributed by atoms with E-state index < -0.39 is 0 Å². The molecule has 2 N–H and O–H groups in total. The quantitative estimate of drug-likeness (QED) is 0.295. The molecule has 0 radical (unpaired) electrons. The minimum Gasteiger partial charge on any atom is -0.393 e. The molecule has 13 atom stereocenters. The Morgan fingerprint density at radius 3 is 2.11 bits per heavy atom. The fraction of sp³-hybridized carbons (Fsp3) is 0.850. The van der Waals surface area contributed by atoms with Gasteiger partial charge in [0, 0.05) is 12.3 Å². The summed E-state index contributed by atoms with van der Waals surface area (Å²) >= 11 is 0. The van der Waals surface area contributed by atoms with Crippen LogP contribution in [0.5, 0.6) is 0 Å². The Morgan fingerprint density at radius 2 is 1.36 bits per heavy atom. The minimum absolute atomic E-state index is 0.0742. The van der Waals surface area contributed by atoms with Crippen LogP contribution in [0.3, 0.4) is 0 Å². The smallest absolute Gasteiger partial charge is 0.155 e. The lowest BCUT2D eigenvalue weighted by atomic mass is 9.47. The van der Waals surface area contributed by atoms with Gasteiger partial charge in [-0.25, -0.2) is 0 Å². The highest BCUT2D eigenvalue weighted by molar-refractivity contribution is 5.91. The van der Waals surface area contributed by atoms with E-state index in [0.29, 0.717) is 28.8 Å². The SMILES string of the molecule is CC(=O)[C@H]1CC[C@H]2[C@@H]3CCC4=CC(=O)CC[C@]4(C)[C@H]3CC[C@]12C.C[C@]12CC[C@H]3[C@@H](CC=C4C[C@@H](O)CC[C@@]43C)[C@@H]1CC[C@@H]2O. The van der Waals surface area contributed by atoms with Crippen molar-refractivity contribution in [3.05, 3.63) is 23.3 Å². The number of rotatable bonds is 1. The van der Waals surface area contributed by atoms with E-state index in [4.69, 9.17) is 0 Å². The zero-order valence-electron chi connectivity index (χ0n) is 28.4. The topological polar surface area (TPSA) is 74.6 Å². The maximum atomic E-state index is 12.1. The van der Waals surface area contributed by atoms with Crippen molar-refractivity contribution < 1.29 is 19.8 Å². The Morgan fingerprint density at radius 1 is 0.705 bits per heavy atom. The second-order valence-corrected chi connectivity index (χ2v) is 18.0. The number of aliphatic hydroxyl groups is 2. The molecule has 0 aliphatic heterocycles. The molecule has 244 valence electrons. The normalized spacial score (nSPS) is 52.4. The van der Waals surface area contributed by atoms with Crippen LogP contribution in [0.15, 0.2) is 23.3 Å². The third kappa shape index (κ3) is 4.56. The van der Waals surface area contributed by atoms with Gasteiger partial charge in [0.05, 0.1) is 12.2 Å². The van der Waals surface area contributed by atoms with Crippen LogP contribution in [0.1, 0.15) is 137 Å². The average molecular weight is 605 g/mol. The van der Waals surface area contributed by atoms with E-state index in [2.05, 4.69) is 33.8 Å². The fourth-order valence-electron chi connectivity index (χ4n) is 13.8. The van der Waals surface area contributed by atoms with Crippen LogP contribution < -0.4 is 0 Å². The zero-order chi connectivity index (χ0) is 31.2. The van der Waals surface area contributed by atoms with E-state index in [1.54, 1.807) is 12.5 Å². The summed E-state index contributed by atoms with van der Waals surface area (Å²) in [7, 11) is 0. The van der Waals surface area contributed by atoms with Crippen molar-refractivity contribution >= 4 is 11.6 Å². The molecule has 4 nitrogen and oxygen atoms in total. The molecule has 8 rings (SSSR count). The number of aliphatic hydroxyl groups excluding tert-OH is 2. The van der Waals surface area contributed by atoms with Crippen molar-refractivity contribution in [2.75, 3.05) is 0 Å². The van der Waals surface area contributed by atoms with Crippen molar-refractivity contribution in [2.24, 2.45) is 63.1 Å². The van der Waals surface area contributed by atoms with Gasteiger partial charge in [-0.3, -0.25) is 9.59 Å². The van der Waals surface area contributed by atoms with E-state index in [1.807, 2.05) is 6.08 Å². The molecule has 0 aromatic heterocycles. The molecule has 0 heterocycles. The van der Waals surface area contributed by atoms with Crippen LogP contribution in [-0.2, 0) is 9.59 Å². The van der Waals surface area contributed by atoms with Gasteiger partial charge in [0.15, 0.2) is 5.78 Å². The van der Waals surface area contributed by atoms with Crippen LogP contribution in [-0.4, -0.2) is 34.0 Å². The highest BCUT2D eigenvalue weighted by atomic mass is 16.3. The van der Waals surface area contributed by atoms with Gasteiger partial charge in [0.25, 0.3) is 0 Å². The molecule has 0 saturated heterocycles. The van der Waals surface area contributed by atoms with E-state index >= 15 is 0 Å². The summed E-state index contributed by atoms with van der Waals surface area (Å²) in [5.41, 5.74) is 4.00. The highest BCUT2D eigenvalue weighted by Crippen LogP contribution is 2.67. The highest BCUT2D eigenvalue weighted by Gasteiger charge is 2.60. The number of Topliss-reactive ketones (excluding diaryl/α,β-unsaturated/α-hetero) is 1. The molecule has 6 fully saturated rings. The van der Waals surface area contributed by atoms with Crippen molar-refractivity contribution in [3.63, 3.8) is 0 Å². The predicted octanol–water partition coefficient (Wildman–Crippen LogP) is 8.39. The van der Waals surface area contributed by atoms with Crippen molar-refractivity contribution in [1.82, 2.24) is 0 Å². The average Bonchev–Trinajstić information content (AvgIpc) is 3.50. The Kier molecular flexibility index (Phi) is 7.76. The van der Waals surface area contributed by atoms with Gasteiger partial charge in [-0.15, -0.1) is 0 Å². The Balaban J connectivity index is 0.000000143. The summed E-state index contributed by atoms with van der Waals surface area (Å²) in [6, 6.07) is 0. The van der Waals surface area contributed by atoms with E-state index in [-0.39, 0.29) is 28.5 Å². The Labute approximate surface area is 266 Å². The summed E-state index contributed by atoms with van der Waals surface area (Å²) in [6.45, 7) is 11.5. The van der Waals surface area contributed by atoms with Crippen LogP contribution in [0.2, 0.25) is 0 Å². The number of allylic oxidation sites excluding steroid dienone is 2. The second kappa shape index (κ2) is 10.9. The van der Waals surface area contributed by atoms with Gasteiger partial charge in [0.1, 0.15) is 5.78 Å². The molecule has 0 bridgehead atoms. The van der Waals surface area contributed by atoms with Crippen LogP contribution in [0.4, 0.5) is 0 Å². The zero-order valence-corrected chi connectivity index (χ0v) is 28.4. The van der Waals surface area contributed by atoms with Gasteiger partial charge in [-0.05, 0) is 166 Å². The molecular weight excluding hydrogens is 544 g/mol. The van der Waals surface area contributed by atoms with Crippen LogP contribution in [0.25, 0.3) is 0 Å². The molecule has 0 unspecified atom stereocenters. The molecule has 0 aromatic rings. The van der Waals surface area contributed by atoms with Gasteiger partial charge in [0.2, 0.25) is 0 Å². The number of ketones is 2. The van der Waals surface area contributed by atoms with Gasteiger partial charge in [-0.1, -0.05) is 44.9 Å². The van der Waals surface area contributed by atoms with Gasteiger partial charge in [-0.2, -0.15) is 0 Å². The number of carbonyl (C=O) groups excluding carboxylic acids is 2. The molecule has 44 heavy (non-hydrogen) atoms. The summed E-state index contributed by atoms with van der Waals surface area (Å²) in [4.78, 5) is 24.0. The molecule has 0 amide bonds. The molecule has 0 aromatic carbocycles. The van der Waals surface area contributed by atoms with E-state index in [1.165, 1.54) is 56.9 Å². The summed E-state index contributed by atoms with van der Waals surface area (Å²) in [5.74, 6) is 5.56.